The first-order valence-corrected chi connectivity index (χ1v) is 5.77. The molecule has 2 unspecified atom stereocenters. The van der Waals surface area contributed by atoms with Gasteiger partial charge in [-0.05, 0) is 40.5 Å². The highest BCUT2D eigenvalue weighted by molar-refractivity contribution is 9.10. The molecule has 1 aromatic carbocycles. The number of amides is 1. The van der Waals surface area contributed by atoms with E-state index < -0.39 is 23.6 Å². The zero-order valence-corrected chi connectivity index (χ0v) is 10.2. The van der Waals surface area contributed by atoms with E-state index in [1.165, 1.54) is 18.2 Å². The standard InChI is InChI=1S/C11H9BrFNO3/c12-8-3-5(1-2-9(8)13)14-10(15)6-4-7(6)11(16)17/h1-3,6-7H,4H2,(H,14,15)(H,16,17). The van der Waals surface area contributed by atoms with Crippen molar-refractivity contribution in [2.45, 2.75) is 6.42 Å². The summed E-state index contributed by atoms with van der Waals surface area (Å²) in [7, 11) is 0. The lowest BCUT2D eigenvalue weighted by atomic mass is 10.2. The topological polar surface area (TPSA) is 66.4 Å². The van der Waals surface area contributed by atoms with Gasteiger partial charge in [0, 0.05) is 5.69 Å². The predicted octanol–water partition coefficient (Wildman–Crippen LogP) is 2.25. The van der Waals surface area contributed by atoms with Crippen LogP contribution in [0.2, 0.25) is 0 Å². The third-order valence-electron chi connectivity index (χ3n) is 2.63. The van der Waals surface area contributed by atoms with Crippen LogP contribution in [0.3, 0.4) is 0 Å². The van der Waals surface area contributed by atoms with Crippen molar-refractivity contribution >= 4 is 33.5 Å². The zero-order chi connectivity index (χ0) is 12.6. The van der Waals surface area contributed by atoms with Crippen LogP contribution in [0.25, 0.3) is 0 Å². The number of nitrogens with one attached hydrogen (secondary N) is 1. The fourth-order valence-corrected chi connectivity index (χ4v) is 1.95. The van der Waals surface area contributed by atoms with E-state index in [0.717, 1.165) is 0 Å². The summed E-state index contributed by atoms with van der Waals surface area (Å²) >= 11 is 3.00. The zero-order valence-electron chi connectivity index (χ0n) is 8.61. The number of carboxylic acids is 1. The van der Waals surface area contributed by atoms with Gasteiger partial charge in [-0.15, -0.1) is 0 Å². The first kappa shape index (κ1) is 12.0. The number of benzene rings is 1. The van der Waals surface area contributed by atoms with E-state index >= 15 is 0 Å². The highest BCUT2D eigenvalue weighted by Gasteiger charge is 2.48. The second-order valence-corrected chi connectivity index (χ2v) is 4.76. The van der Waals surface area contributed by atoms with Crippen LogP contribution in [0.4, 0.5) is 10.1 Å². The summed E-state index contributed by atoms with van der Waals surface area (Å²) in [5.41, 5.74) is 0.444. The van der Waals surface area contributed by atoms with Crippen molar-refractivity contribution in [1.82, 2.24) is 0 Å². The summed E-state index contributed by atoms with van der Waals surface area (Å²) in [5.74, 6) is -2.77. The van der Waals surface area contributed by atoms with E-state index in [1.54, 1.807) is 0 Å². The van der Waals surface area contributed by atoms with E-state index in [9.17, 15) is 14.0 Å². The van der Waals surface area contributed by atoms with Gasteiger partial charge in [-0.25, -0.2) is 4.39 Å². The van der Waals surface area contributed by atoms with E-state index in [0.29, 0.717) is 12.1 Å². The first-order chi connectivity index (χ1) is 7.99. The molecule has 2 N–H and O–H groups in total. The number of hydrogen-bond acceptors (Lipinski definition) is 2. The molecule has 1 saturated carbocycles. The molecule has 17 heavy (non-hydrogen) atoms. The van der Waals surface area contributed by atoms with E-state index in [4.69, 9.17) is 5.11 Å². The first-order valence-electron chi connectivity index (χ1n) is 4.98. The largest absolute Gasteiger partial charge is 0.481 e. The van der Waals surface area contributed by atoms with Gasteiger partial charge in [-0.3, -0.25) is 9.59 Å². The molecule has 0 radical (unpaired) electrons. The molecule has 6 heteroatoms. The molecule has 4 nitrogen and oxygen atoms in total. The molecular formula is C11H9BrFNO3. The highest BCUT2D eigenvalue weighted by atomic mass is 79.9. The van der Waals surface area contributed by atoms with Crippen LogP contribution in [0.5, 0.6) is 0 Å². The van der Waals surface area contributed by atoms with E-state index in [-0.39, 0.29) is 10.4 Å². The molecule has 2 atom stereocenters. The van der Waals surface area contributed by atoms with Gasteiger partial charge in [0.2, 0.25) is 5.91 Å². The number of anilines is 1. The molecule has 0 aromatic heterocycles. The third-order valence-corrected chi connectivity index (χ3v) is 3.24. The number of rotatable bonds is 3. The number of carbonyl (C=O) groups excluding carboxylic acids is 1. The van der Waals surface area contributed by atoms with Crippen molar-refractivity contribution in [3.63, 3.8) is 0 Å². The summed E-state index contributed by atoms with van der Waals surface area (Å²) in [6.45, 7) is 0. The van der Waals surface area contributed by atoms with Crippen LogP contribution < -0.4 is 5.32 Å². The summed E-state index contributed by atoms with van der Waals surface area (Å²) in [6, 6.07) is 4.09. The van der Waals surface area contributed by atoms with Crippen molar-refractivity contribution < 1.29 is 19.1 Å². The van der Waals surface area contributed by atoms with Crippen LogP contribution in [0.15, 0.2) is 22.7 Å². The van der Waals surface area contributed by atoms with Gasteiger partial charge < -0.3 is 10.4 Å². The Kier molecular flexibility index (Phi) is 3.15. The molecule has 90 valence electrons. The maximum absolute atomic E-state index is 12.9. The molecule has 1 aliphatic carbocycles. The van der Waals surface area contributed by atoms with Crippen LogP contribution >= 0.6 is 15.9 Å². The SMILES string of the molecule is O=C(O)C1CC1C(=O)Nc1ccc(F)c(Br)c1. The van der Waals surface area contributed by atoms with Gasteiger partial charge in [0.1, 0.15) is 5.82 Å². The van der Waals surface area contributed by atoms with Crippen molar-refractivity contribution in [1.29, 1.82) is 0 Å². The van der Waals surface area contributed by atoms with Gasteiger partial charge in [0.15, 0.2) is 0 Å². The Balaban J connectivity index is 2.00. The molecule has 1 aliphatic rings. The minimum Gasteiger partial charge on any atom is -0.481 e. The molecule has 0 aliphatic heterocycles. The fraction of sp³-hybridized carbons (Fsp3) is 0.273. The Morgan fingerprint density at radius 2 is 2.12 bits per heavy atom. The van der Waals surface area contributed by atoms with Gasteiger partial charge in [-0.2, -0.15) is 0 Å². The average molecular weight is 302 g/mol. The summed E-state index contributed by atoms with van der Waals surface area (Å²) in [4.78, 5) is 22.2. The maximum atomic E-state index is 12.9. The van der Waals surface area contributed by atoms with Crippen LogP contribution in [-0.4, -0.2) is 17.0 Å². The van der Waals surface area contributed by atoms with Crippen LogP contribution in [-0.2, 0) is 9.59 Å². The normalized spacial score (nSPS) is 22.0. The molecule has 1 aromatic rings. The Labute approximate surface area is 105 Å². The highest BCUT2D eigenvalue weighted by Crippen LogP contribution is 2.39. The van der Waals surface area contributed by atoms with Gasteiger partial charge in [-0.1, -0.05) is 0 Å². The molecule has 2 rings (SSSR count). The lowest BCUT2D eigenvalue weighted by Crippen LogP contribution is -2.16. The number of carbonyl (C=O) groups is 2. The number of halogens is 2. The second kappa shape index (κ2) is 4.44. The molecular weight excluding hydrogens is 293 g/mol. The maximum Gasteiger partial charge on any atom is 0.307 e. The van der Waals surface area contributed by atoms with Crippen molar-refractivity contribution in [3.05, 3.63) is 28.5 Å². The Morgan fingerprint density at radius 1 is 1.41 bits per heavy atom. The quantitative estimate of drug-likeness (QED) is 0.900. The van der Waals surface area contributed by atoms with Crippen molar-refractivity contribution in [2.24, 2.45) is 11.8 Å². The minimum atomic E-state index is -0.953. The Hall–Kier alpha value is -1.43. The number of aliphatic carboxylic acids is 1. The number of carboxylic acid groups (broad SMARTS) is 1. The number of hydrogen-bond donors (Lipinski definition) is 2. The van der Waals surface area contributed by atoms with Crippen LogP contribution in [0.1, 0.15) is 6.42 Å². The fourth-order valence-electron chi connectivity index (χ4n) is 1.57. The summed E-state index contributed by atoms with van der Waals surface area (Å²) in [5, 5.41) is 11.2. The molecule has 1 amide bonds. The van der Waals surface area contributed by atoms with Crippen molar-refractivity contribution in [2.75, 3.05) is 5.32 Å². The monoisotopic (exact) mass is 301 g/mol. The van der Waals surface area contributed by atoms with E-state index in [1.807, 2.05) is 0 Å². The summed E-state index contributed by atoms with van der Waals surface area (Å²) < 4.78 is 13.2. The lowest BCUT2D eigenvalue weighted by Gasteiger charge is -2.05. The van der Waals surface area contributed by atoms with Gasteiger partial charge in [0.25, 0.3) is 0 Å². The smallest absolute Gasteiger partial charge is 0.307 e. The van der Waals surface area contributed by atoms with Gasteiger partial charge >= 0.3 is 5.97 Å². The predicted molar refractivity (Wildman–Crippen MR) is 62.0 cm³/mol. The Morgan fingerprint density at radius 3 is 2.65 bits per heavy atom. The van der Waals surface area contributed by atoms with Gasteiger partial charge in [0.05, 0.1) is 16.3 Å². The third kappa shape index (κ3) is 2.63. The molecule has 0 saturated heterocycles. The Bertz CT molecular complexity index is 492. The molecule has 0 spiro atoms. The lowest BCUT2D eigenvalue weighted by molar-refractivity contribution is -0.139. The molecule has 1 fully saturated rings. The minimum absolute atomic E-state index is 0.251. The average Bonchev–Trinajstić information content (AvgIpc) is 3.03. The van der Waals surface area contributed by atoms with E-state index in [2.05, 4.69) is 21.2 Å². The molecule has 0 bridgehead atoms. The van der Waals surface area contributed by atoms with Crippen molar-refractivity contribution in [3.8, 4) is 0 Å². The molecule has 0 heterocycles. The summed E-state index contributed by atoms with van der Waals surface area (Å²) in [6.07, 6.45) is 0.365. The van der Waals surface area contributed by atoms with Crippen LogP contribution in [0, 0.1) is 17.7 Å². The second-order valence-electron chi connectivity index (χ2n) is 3.91.